The van der Waals surface area contributed by atoms with Gasteiger partial charge in [0.15, 0.2) is 0 Å². The van der Waals surface area contributed by atoms with E-state index in [4.69, 9.17) is 9.84 Å². The third kappa shape index (κ3) is 3.64. The molecule has 0 aromatic heterocycles. The van der Waals surface area contributed by atoms with Crippen LogP contribution in [0.5, 0.6) is 5.75 Å². The molecule has 4 aliphatic carbocycles. The Hall–Kier alpha value is -2.04. The van der Waals surface area contributed by atoms with Gasteiger partial charge in [0.1, 0.15) is 5.75 Å². The minimum absolute atomic E-state index is 0.0238. The number of aromatic carboxylic acids is 1. The molecule has 1 aromatic carbocycles. The van der Waals surface area contributed by atoms with Crippen LogP contribution in [0, 0.1) is 29.1 Å². The summed E-state index contributed by atoms with van der Waals surface area (Å²) < 4.78 is 5.88. The quantitative estimate of drug-likeness (QED) is 0.808. The maximum absolute atomic E-state index is 13.5. The molecular formula is C24H31NO4. The van der Waals surface area contributed by atoms with Gasteiger partial charge >= 0.3 is 5.97 Å². The van der Waals surface area contributed by atoms with Crippen LogP contribution in [-0.2, 0) is 4.79 Å². The van der Waals surface area contributed by atoms with Crippen LogP contribution in [0.2, 0.25) is 0 Å². The van der Waals surface area contributed by atoms with Gasteiger partial charge in [-0.25, -0.2) is 4.79 Å². The summed E-state index contributed by atoms with van der Waals surface area (Å²) in [5.41, 5.74) is 0.248. The number of rotatable bonds is 5. The van der Waals surface area contributed by atoms with Crippen molar-refractivity contribution in [3.63, 3.8) is 0 Å². The molecule has 0 spiro atoms. The highest BCUT2D eigenvalue weighted by molar-refractivity contribution is 5.87. The van der Waals surface area contributed by atoms with Gasteiger partial charge in [0.25, 0.3) is 0 Å². The number of hydrogen-bond acceptors (Lipinski definition) is 3. The number of carbonyl (C=O) groups is 2. The molecule has 1 aliphatic heterocycles. The van der Waals surface area contributed by atoms with Crippen molar-refractivity contribution in [1.82, 2.24) is 4.90 Å². The Morgan fingerprint density at radius 3 is 2.03 bits per heavy atom. The van der Waals surface area contributed by atoms with E-state index in [0.717, 1.165) is 62.9 Å². The van der Waals surface area contributed by atoms with Crippen molar-refractivity contribution in [3.8, 4) is 5.75 Å². The minimum Gasteiger partial charge on any atom is -0.493 e. The fraction of sp³-hybridized carbons (Fsp3) is 0.667. The van der Waals surface area contributed by atoms with Crippen LogP contribution < -0.4 is 4.74 Å². The highest BCUT2D eigenvalue weighted by Crippen LogP contribution is 2.60. The van der Waals surface area contributed by atoms with Crippen LogP contribution >= 0.6 is 0 Å². The summed E-state index contributed by atoms with van der Waals surface area (Å²) in [6.45, 7) is 2.34. The van der Waals surface area contributed by atoms with Crippen molar-refractivity contribution < 1.29 is 19.4 Å². The molecule has 4 saturated carbocycles. The fourth-order valence-corrected chi connectivity index (χ4v) is 6.92. The van der Waals surface area contributed by atoms with E-state index in [1.165, 1.54) is 19.3 Å². The Bertz CT molecular complexity index is 743. The first-order chi connectivity index (χ1) is 14.0. The zero-order valence-electron chi connectivity index (χ0n) is 17.0. The van der Waals surface area contributed by atoms with Gasteiger partial charge in [0.2, 0.25) is 5.91 Å². The summed E-state index contributed by atoms with van der Waals surface area (Å²) in [6.07, 6.45) is 9.54. The average Bonchev–Trinajstić information content (AvgIpc) is 2.71. The first kappa shape index (κ1) is 19.0. The number of amides is 1. The third-order valence-corrected chi connectivity index (χ3v) is 7.98. The van der Waals surface area contributed by atoms with E-state index in [0.29, 0.717) is 24.2 Å². The third-order valence-electron chi connectivity index (χ3n) is 7.98. The van der Waals surface area contributed by atoms with Crippen LogP contribution in [0.1, 0.15) is 61.7 Å². The maximum Gasteiger partial charge on any atom is 0.335 e. The molecule has 0 radical (unpaired) electrons. The predicted molar refractivity (Wildman–Crippen MR) is 109 cm³/mol. The number of ether oxygens (including phenoxy) is 1. The maximum atomic E-state index is 13.5. The van der Waals surface area contributed by atoms with Crippen LogP contribution in [0.4, 0.5) is 0 Å². The highest BCUT2D eigenvalue weighted by atomic mass is 16.5. The van der Waals surface area contributed by atoms with Crippen molar-refractivity contribution in [2.45, 2.75) is 51.4 Å². The van der Waals surface area contributed by atoms with Crippen molar-refractivity contribution in [2.75, 3.05) is 19.7 Å². The van der Waals surface area contributed by atoms with Crippen molar-refractivity contribution in [2.24, 2.45) is 29.1 Å². The number of likely N-dealkylation sites (tertiary alicyclic amines) is 1. The molecule has 5 fully saturated rings. The zero-order chi connectivity index (χ0) is 20.0. The average molecular weight is 398 g/mol. The molecule has 6 rings (SSSR count). The predicted octanol–water partition coefficient (Wildman–Crippen LogP) is 4.22. The lowest BCUT2D eigenvalue weighted by Gasteiger charge is -2.57. The van der Waals surface area contributed by atoms with Gasteiger partial charge in [-0.1, -0.05) is 0 Å². The van der Waals surface area contributed by atoms with E-state index in [9.17, 15) is 9.59 Å². The van der Waals surface area contributed by atoms with Crippen molar-refractivity contribution in [1.29, 1.82) is 0 Å². The lowest BCUT2D eigenvalue weighted by atomic mass is 9.49. The van der Waals surface area contributed by atoms with E-state index in [-0.39, 0.29) is 11.0 Å². The van der Waals surface area contributed by atoms with E-state index in [1.54, 1.807) is 24.3 Å². The molecule has 5 heteroatoms. The summed E-state index contributed by atoms with van der Waals surface area (Å²) in [4.78, 5) is 26.6. The second kappa shape index (κ2) is 7.33. The Balaban J connectivity index is 1.13. The van der Waals surface area contributed by atoms with Gasteiger partial charge in [-0.15, -0.1) is 0 Å². The number of nitrogens with zero attached hydrogens (tertiary/aromatic N) is 1. The molecule has 5 nitrogen and oxygen atoms in total. The summed E-state index contributed by atoms with van der Waals surface area (Å²) in [7, 11) is 0. The van der Waals surface area contributed by atoms with Gasteiger partial charge in [-0.05, 0) is 99.3 Å². The smallest absolute Gasteiger partial charge is 0.335 e. The van der Waals surface area contributed by atoms with Gasteiger partial charge in [0.05, 0.1) is 17.6 Å². The Morgan fingerprint density at radius 1 is 0.966 bits per heavy atom. The second-order valence-corrected chi connectivity index (χ2v) is 10.1. The topological polar surface area (TPSA) is 66.8 Å². The molecule has 0 unspecified atom stereocenters. The normalized spacial score (nSPS) is 33.7. The number of carboxylic acid groups (broad SMARTS) is 1. The number of carbonyl (C=O) groups excluding carboxylic acids is 1. The van der Waals surface area contributed by atoms with Gasteiger partial charge in [-0.3, -0.25) is 4.79 Å². The lowest BCUT2D eigenvalue weighted by Crippen LogP contribution is -2.55. The molecule has 156 valence electrons. The molecular weight excluding hydrogens is 366 g/mol. The Morgan fingerprint density at radius 2 is 1.52 bits per heavy atom. The second-order valence-electron chi connectivity index (χ2n) is 10.1. The summed E-state index contributed by atoms with van der Waals surface area (Å²) in [6, 6.07) is 6.58. The Kier molecular flexibility index (Phi) is 4.79. The van der Waals surface area contributed by atoms with Crippen LogP contribution in [-0.4, -0.2) is 41.6 Å². The fourth-order valence-electron chi connectivity index (χ4n) is 6.92. The standard InChI is InChI=1S/C24H31NO4/c26-22(27)20-1-3-21(4-2-20)29-15-16-5-7-25(8-6-16)23(28)24-12-17-9-18(13-24)11-19(10-17)14-24/h1-4,16-19H,5-15H2,(H,26,27). The first-order valence-corrected chi connectivity index (χ1v) is 11.3. The first-order valence-electron chi connectivity index (χ1n) is 11.3. The van der Waals surface area contributed by atoms with Gasteiger partial charge in [-0.2, -0.15) is 0 Å². The molecule has 5 aliphatic rings. The van der Waals surface area contributed by atoms with E-state index >= 15 is 0 Å². The van der Waals surface area contributed by atoms with Crippen LogP contribution in [0.3, 0.4) is 0 Å². The zero-order valence-corrected chi connectivity index (χ0v) is 17.0. The van der Waals surface area contributed by atoms with Crippen molar-refractivity contribution in [3.05, 3.63) is 29.8 Å². The highest BCUT2D eigenvalue weighted by Gasteiger charge is 2.55. The Labute approximate surface area is 172 Å². The summed E-state index contributed by atoms with van der Waals surface area (Å²) in [5, 5.41) is 8.97. The summed E-state index contributed by atoms with van der Waals surface area (Å²) in [5.74, 6) is 3.13. The van der Waals surface area contributed by atoms with Gasteiger partial charge < -0.3 is 14.7 Å². The molecule has 1 N–H and O–H groups in total. The van der Waals surface area contributed by atoms with Crippen molar-refractivity contribution >= 4 is 11.9 Å². The number of piperidine rings is 1. The lowest BCUT2D eigenvalue weighted by molar-refractivity contribution is -0.159. The number of carboxylic acids is 1. The number of benzene rings is 1. The molecule has 29 heavy (non-hydrogen) atoms. The molecule has 0 atom stereocenters. The largest absolute Gasteiger partial charge is 0.493 e. The van der Waals surface area contributed by atoms with E-state index < -0.39 is 5.97 Å². The molecule has 1 saturated heterocycles. The molecule has 1 aromatic rings. The minimum atomic E-state index is -0.924. The monoisotopic (exact) mass is 397 g/mol. The van der Waals surface area contributed by atoms with Gasteiger partial charge in [0, 0.05) is 13.1 Å². The SMILES string of the molecule is O=C(O)c1ccc(OCC2CCN(C(=O)C34CC5CC(CC(C5)C3)C4)CC2)cc1. The van der Waals surface area contributed by atoms with Crippen LogP contribution in [0.15, 0.2) is 24.3 Å². The molecule has 4 bridgehead atoms. The molecule has 1 amide bonds. The van der Waals surface area contributed by atoms with E-state index in [1.807, 2.05) is 0 Å². The molecule has 1 heterocycles. The summed E-state index contributed by atoms with van der Waals surface area (Å²) >= 11 is 0. The van der Waals surface area contributed by atoms with E-state index in [2.05, 4.69) is 4.90 Å². The number of hydrogen-bond donors (Lipinski definition) is 1. The van der Waals surface area contributed by atoms with Crippen LogP contribution in [0.25, 0.3) is 0 Å².